The van der Waals surface area contributed by atoms with Gasteiger partial charge in [-0.05, 0) is 31.6 Å². The number of aliphatic hydroxyl groups is 1. The standard InChI is InChI=1S/C79H154O17P2/c1-6-9-12-15-18-21-23-24-25-28-32-35-39-43-48-53-58-63-77(82)90-69-75(96-79(84)65-60-55-50-45-40-36-33-30-27-26-29-31-34-38-42-46-51-56-61-72(4)5)71-94-98(87,88)92-67-73(80)66-91-97(85,86)93-70-74(68-89-76(81)62-57-52-47-41-20-17-14-11-8-3)95-78(83)64-59-54-49-44-37-22-19-16-13-10-7-2/h72-75,80H,6-71H2,1-5H3,(H,85,86)(H,87,88)/t73-,74+,75+/m0/s1. The first kappa shape index (κ1) is 96.1. The maximum absolute atomic E-state index is 13.1. The second-order valence-corrected chi connectivity index (χ2v) is 31.8. The smallest absolute Gasteiger partial charge is 0.462 e. The molecule has 0 saturated heterocycles. The van der Waals surface area contributed by atoms with E-state index in [0.29, 0.717) is 25.7 Å². The Morgan fingerprint density at radius 1 is 0.276 bits per heavy atom. The molecule has 5 atom stereocenters. The summed E-state index contributed by atoms with van der Waals surface area (Å²) in [5, 5.41) is 10.6. The van der Waals surface area contributed by atoms with Crippen LogP contribution < -0.4 is 0 Å². The molecule has 0 aliphatic carbocycles. The van der Waals surface area contributed by atoms with E-state index in [2.05, 4.69) is 34.6 Å². The Kier molecular flexibility index (Phi) is 70.6. The molecular weight excluding hydrogens is 1280 g/mol. The Morgan fingerprint density at radius 3 is 0.694 bits per heavy atom. The normalized spacial score (nSPS) is 13.9. The predicted octanol–water partition coefficient (Wildman–Crippen LogP) is 23.6. The van der Waals surface area contributed by atoms with Gasteiger partial charge in [0.15, 0.2) is 12.2 Å². The van der Waals surface area contributed by atoms with Crippen molar-refractivity contribution in [2.75, 3.05) is 39.6 Å². The van der Waals surface area contributed by atoms with Crippen molar-refractivity contribution in [3.05, 3.63) is 0 Å². The molecule has 0 aromatic rings. The van der Waals surface area contributed by atoms with Crippen molar-refractivity contribution in [3.63, 3.8) is 0 Å². The maximum Gasteiger partial charge on any atom is 0.472 e. The minimum Gasteiger partial charge on any atom is -0.462 e. The minimum absolute atomic E-state index is 0.107. The summed E-state index contributed by atoms with van der Waals surface area (Å²) < 4.78 is 68.6. The van der Waals surface area contributed by atoms with Gasteiger partial charge in [0.1, 0.15) is 19.3 Å². The number of esters is 4. The minimum atomic E-state index is -4.96. The van der Waals surface area contributed by atoms with E-state index in [1.54, 1.807) is 0 Å². The molecule has 0 heterocycles. The van der Waals surface area contributed by atoms with Gasteiger partial charge in [0, 0.05) is 25.7 Å². The zero-order chi connectivity index (χ0) is 71.9. The molecule has 0 aliphatic rings. The first-order valence-electron chi connectivity index (χ1n) is 41.1. The van der Waals surface area contributed by atoms with E-state index in [-0.39, 0.29) is 25.7 Å². The third kappa shape index (κ3) is 72.4. The Morgan fingerprint density at radius 2 is 0.469 bits per heavy atom. The highest BCUT2D eigenvalue weighted by atomic mass is 31.2. The van der Waals surface area contributed by atoms with Gasteiger partial charge < -0.3 is 33.8 Å². The van der Waals surface area contributed by atoms with Gasteiger partial charge in [-0.25, -0.2) is 9.13 Å². The fourth-order valence-corrected chi connectivity index (χ4v) is 13.8. The molecule has 0 radical (unpaired) electrons. The molecule has 0 spiro atoms. The van der Waals surface area contributed by atoms with Gasteiger partial charge in [-0.1, -0.05) is 369 Å². The molecule has 582 valence electrons. The van der Waals surface area contributed by atoms with Crippen LogP contribution in [0.15, 0.2) is 0 Å². The van der Waals surface area contributed by atoms with Crippen LogP contribution in [0.5, 0.6) is 0 Å². The van der Waals surface area contributed by atoms with Crippen LogP contribution in [0, 0.1) is 5.92 Å². The average Bonchev–Trinajstić information content (AvgIpc) is 1.08. The summed E-state index contributed by atoms with van der Waals surface area (Å²) in [5.74, 6) is -1.29. The molecule has 0 amide bonds. The van der Waals surface area contributed by atoms with Crippen molar-refractivity contribution in [1.82, 2.24) is 0 Å². The highest BCUT2D eigenvalue weighted by Crippen LogP contribution is 2.45. The molecule has 0 aromatic carbocycles. The molecule has 2 unspecified atom stereocenters. The summed E-state index contributed by atoms with van der Waals surface area (Å²) in [6, 6.07) is 0. The number of hydrogen-bond donors (Lipinski definition) is 3. The summed E-state index contributed by atoms with van der Waals surface area (Å²) in [4.78, 5) is 72.8. The van der Waals surface area contributed by atoms with Gasteiger partial charge in [-0.3, -0.25) is 37.3 Å². The molecule has 3 N–H and O–H groups in total. The van der Waals surface area contributed by atoms with Gasteiger partial charge in [0.05, 0.1) is 26.4 Å². The van der Waals surface area contributed by atoms with Crippen molar-refractivity contribution in [2.24, 2.45) is 5.92 Å². The molecule has 0 rings (SSSR count). The number of unbranched alkanes of at least 4 members (excludes halogenated alkanes) is 51. The van der Waals surface area contributed by atoms with Crippen molar-refractivity contribution in [1.29, 1.82) is 0 Å². The van der Waals surface area contributed by atoms with Crippen LogP contribution in [0.1, 0.15) is 420 Å². The number of hydrogen-bond acceptors (Lipinski definition) is 15. The molecule has 98 heavy (non-hydrogen) atoms. The van der Waals surface area contributed by atoms with Gasteiger partial charge in [0.25, 0.3) is 0 Å². The van der Waals surface area contributed by atoms with E-state index in [1.807, 2.05) is 0 Å². The fourth-order valence-electron chi connectivity index (χ4n) is 12.2. The van der Waals surface area contributed by atoms with Crippen molar-refractivity contribution in [2.45, 2.75) is 438 Å². The summed E-state index contributed by atoms with van der Waals surface area (Å²) in [6.45, 7) is 7.33. The van der Waals surface area contributed by atoms with Crippen molar-refractivity contribution in [3.8, 4) is 0 Å². The van der Waals surface area contributed by atoms with Crippen LogP contribution in [-0.2, 0) is 65.4 Å². The summed E-state index contributed by atoms with van der Waals surface area (Å²) in [7, 11) is -9.91. The van der Waals surface area contributed by atoms with E-state index in [0.717, 1.165) is 95.8 Å². The number of ether oxygens (including phenoxy) is 4. The molecular formula is C79H154O17P2. The average molecular weight is 1440 g/mol. The summed E-state index contributed by atoms with van der Waals surface area (Å²) >= 11 is 0. The molecule has 17 nitrogen and oxygen atoms in total. The number of aliphatic hydroxyl groups excluding tert-OH is 1. The third-order valence-corrected chi connectivity index (χ3v) is 20.4. The van der Waals surface area contributed by atoms with Gasteiger partial charge in [-0.15, -0.1) is 0 Å². The first-order valence-corrected chi connectivity index (χ1v) is 44.1. The van der Waals surface area contributed by atoms with Crippen LogP contribution >= 0.6 is 15.6 Å². The number of carbonyl (C=O) groups is 4. The maximum atomic E-state index is 13.1. The number of rotatable bonds is 79. The highest BCUT2D eigenvalue weighted by molar-refractivity contribution is 7.47. The second kappa shape index (κ2) is 72.0. The number of phosphoric acid groups is 2. The highest BCUT2D eigenvalue weighted by Gasteiger charge is 2.30. The lowest BCUT2D eigenvalue weighted by atomic mass is 10.0. The zero-order valence-electron chi connectivity index (χ0n) is 63.9. The van der Waals surface area contributed by atoms with E-state index >= 15 is 0 Å². The lowest BCUT2D eigenvalue weighted by Gasteiger charge is -2.21. The molecule has 19 heteroatoms. The monoisotopic (exact) mass is 1440 g/mol. The Hall–Kier alpha value is -1.94. The predicted molar refractivity (Wildman–Crippen MR) is 400 cm³/mol. The van der Waals surface area contributed by atoms with E-state index < -0.39 is 97.5 Å². The fraction of sp³-hybridized carbons (Fsp3) is 0.949. The SMILES string of the molecule is CCCCCCCCCCCCCCCCCCCC(=O)OC[C@H](COP(=O)(O)OC[C@@H](O)COP(=O)(O)OC[C@@H](COC(=O)CCCCCCCCCCC)OC(=O)CCCCCCCCCCCCC)OC(=O)CCCCCCCCCCCCCCCCCCCCC(C)C. The second-order valence-electron chi connectivity index (χ2n) is 28.9. The Bertz CT molecular complexity index is 1870. The van der Waals surface area contributed by atoms with Crippen LogP contribution in [-0.4, -0.2) is 96.7 Å². The van der Waals surface area contributed by atoms with Gasteiger partial charge >= 0.3 is 39.5 Å². The van der Waals surface area contributed by atoms with Crippen LogP contribution in [0.2, 0.25) is 0 Å². The first-order chi connectivity index (χ1) is 47.5. The lowest BCUT2D eigenvalue weighted by Crippen LogP contribution is -2.30. The quantitative estimate of drug-likeness (QED) is 0.0222. The number of phosphoric ester groups is 2. The zero-order valence-corrected chi connectivity index (χ0v) is 65.7. The van der Waals surface area contributed by atoms with Gasteiger partial charge in [0.2, 0.25) is 0 Å². The van der Waals surface area contributed by atoms with Crippen LogP contribution in [0.3, 0.4) is 0 Å². The largest absolute Gasteiger partial charge is 0.472 e. The molecule has 0 bridgehead atoms. The third-order valence-electron chi connectivity index (χ3n) is 18.5. The molecule has 0 fully saturated rings. The Balaban J connectivity index is 5.19. The topological polar surface area (TPSA) is 237 Å². The molecule has 0 saturated carbocycles. The van der Waals surface area contributed by atoms with Crippen LogP contribution in [0.25, 0.3) is 0 Å². The van der Waals surface area contributed by atoms with E-state index in [4.69, 9.17) is 37.0 Å². The summed E-state index contributed by atoms with van der Waals surface area (Å²) in [5.41, 5.74) is 0. The van der Waals surface area contributed by atoms with Gasteiger partial charge in [-0.2, -0.15) is 0 Å². The lowest BCUT2D eigenvalue weighted by molar-refractivity contribution is -0.161. The van der Waals surface area contributed by atoms with E-state index in [9.17, 15) is 43.2 Å². The van der Waals surface area contributed by atoms with Crippen molar-refractivity contribution < 1.29 is 80.2 Å². The summed E-state index contributed by atoms with van der Waals surface area (Å²) in [6.07, 6.45) is 62.5. The van der Waals surface area contributed by atoms with Crippen molar-refractivity contribution >= 4 is 39.5 Å². The Labute approximate surface area is 600 Å². The number of carbonyl (C=O) groups excluding carboxylic acids is 4. The van der Waals surface area contributed by atoms with E-state index in [1.165, 1.54) is 244 Å². The molecule has 0 aromatic heterocycles. The molecule has 0 aliphatic heterocycles. The van der Waals surface area contributed by atoms with Crippen LogP contribution in [0.4, 0.5) is 0 Å².